The molecule has 60 valence electrons. The maximum atomic E-state index is 12.3. The number of halogens is 2. The van der Waals surface area contributed by atoms with Crippen LogP contribution < -0.4 is 0 Å². The Bertz CT molecular complexity index is 240. The number of nitrogens with zero attached hydrogens (tertiary/aromatic N) is 3. The number of hydrogen-bond donors (Lipinski definition) is 0. The van der Waals surface area contributed by atoms with Crippen LogP contribution in [0.1, 0.15) is 12.8 Å². The molecule has 11 heavy (non-hydrogen) atoms. The second-order valence-electron chi connectivity index (χ2n) is 2.75. The Hall–Kier alpha value is -1.00. The lowest BCUT2D eigenvalue weighted by atomic mass is 10.3. The fourth-order valence-electron chi connectivity index (χ4n) is 1.12. The molecule has 1 saturated carbocycles. The van der Waals surface area contributed by atoms with Crippen molar-refractivity contribution in [2.45, 2.75) is 24.8 Å². The van der Waals surface area contributed by atoms with Crippen LogP contribution in [0.5, 0.6) is 0 Å². The van der Waals surface area contributed by atoms with E-state index in [9.17, 15) is 8.78 Å². The van der Waals surface area contributed by atoms with Gasteiger partial charge >= 0.3 is 0 Å². The first-order chi connectivity index (χ1) is 5.26. The summed E-state index contributed by atoms with van der Waals surface area (Å²) < 4.78 is 26.0. The predicted molar refractivity (Wildman–Crippen MR) is 33.2 cm³/mol. The molecule has 1 fully saturated rings. The zero-order chi connectivity index (χ0) is 7.90. The molecule has 1 heterocycles. The van der Waals surface area contributed by atoms with Crippen LogP contribution in [-0.4, -0.2) is 21.4 Å². The van der Waals surface area contributed by atoms with E-state index < -0.39 is 12.0 Å². The standard InChI is InChI=1S/C6H7F2N3/c7-5(8)6(1-2-6)11-4-3-9-10-11/h3-5H,1-2H2. The molecule has 0 N–H and O–H groups in total. The first-order valence-electron chi connectivity index (χ1n) is 3.41. The molecule has 1 aliphatic rings. The second-order valence-corrected chi connectivity index (χ2v) is 2.75. The van der Waals surface area contributed by atoms with E-state index in [4.69, 9.17) is 0 Å². The van der Waals surface area contributed by atoms with Crippen molar-refractivity contribution in [3.05, 3.63) is 12.4 Å². The monoisotopic (exact) mass is 159 g/mol. The van der Waals surface area contributed by atoms with Crippen LogP contribution in [0.4, 0.5) is 8.78 Å². The third kappa shape index (κ3) is 0.834. The Morgan fingerprint density at radius 3 is 2.55 bits per heavy atom. The predicted octanol–water partition coefficient (Wildman–Crippen LogP) is 1.03. The van der Waals surface area contributed by atoms with E-state index in [-0.39, 0.29) is 0 Å². The molecule has 0 saturated heterocycles. The molecule has 1 aliphatic carbocycles. The van der Waals surface area contributed by atoms with E-state index in [2.05, 4.69) is 10.3 Å². The van der Waals surface area contributed by atoms with E-state index in [1.54, 1.807) is 0 Å². The van der Waals surface area contributed by atoms with Gasteiger partial charge in [-0.05, 0) is 12.8 Å². The summed E-state index contributed by atoms with van der Waals surface area (Å²) >= 11 is 0. The van der Waals surface area contributed by atoms with Crippen LogP contribution in [0.15, 0.2) is 12.4 Å². The van der Waals surface area contributed by atoms with Crippen molar-refractivity contribution in [1.82, 2.24) is 15.0 Å². The highest BCUT2D eigenvalue weighted by atomic mass is 19.3. The largest absolute Gasteiger partial charge is 0.263 e. The van der Waals surface area contributed by atoms with Gasteiger partial charge in [-0.2, -0.15) is 0 Å². The van der Waals surface area contributed by atoms with Crippen LogP contribution in [0, 0.1) is 0 Å². The molecular weight excluding hydrogens is 152 g/mol. The summed E-state index contributed by atoms with van der Waals surface area (Å²) in [6.07, 6.45) is 1.59. The van der Waals surface area contributed by atoms with Gasteiger partial charge in [-0.3, -0.25) is 0 Å². The van der Waals surface area contributed by atoms with Gasteiger partial charge in [-0.1, -0.05) is 5.21 Å². The van der Waals surface area contributed by atoms with Crippen molar-refractivity contribution in [1.29, 1.82) is 0 Å². The minimum absolute atomic E-state index is 0.508. The van der Waals surface area contributed by atoms with Crippen LogP contribution in [-0.2, 0) is 5.54 Å². The Kier molecular flexibility index (Phi) is 1.21. The van der Waals surface area contributed by atoms with Gasteiger partial charge in [0.05, 0.1) is 6.20 Å². The van der Waals surface area contributed by atoms with Crippen LogP contribution >= 0.6 is 0 Å². The summed E-state index contributed by atoms with van der Waals surface area (Å²) in [6, 6.07) is 0. The van der Waals surface area contributed by atoms with Crippen molar-refractivity contribution in [2.24, 2.45) is 0 Å². The smallest absolute Gasteiger partial charge is 0.241 e. The van der Waals surface area contributed by atoms with Gasteiger partial charge in [-0.25, -0.2) is 13.5 Å². The van der Waals surface area contributed by atoms with Crippen LogP contribution in [0.25, 0.3) is 0 Å². The highest BCUT2D eigenvalue weighted by Crippen LogP contribution is 2.47. The second kappa shape index (κ2) is 1.99. The lowest BCUT2D eigenvalue weighted by Gasteiger charge is -2.12. The topological polar surface area (TPSA) is 30.7 Å². The van der Waals surface area contributed by atoms with Crippen molar-refractivity contribution >= 4 is 0 Å². The summed E-state index contributed by atoms with van der Waals surface area (Å²) in [5, 5.41) is 7.05. The summed E-state index contributed by atoms with van der Waals surface area (Å²) in [4.78, 5) is 0. The lowest BCUT2D eigenvalue weighted by Crippen LogP contribution is -2.26. The van der Waals surface area contributed by atoms with E-state index >= 15 is 0 Å². The minimum Gasteiger partial charge on any atom is -0.241 e. The summed E-state index contributed by atoms with van der Waals surface area (Å²) in [5.74, 6) is 0. The molecule has 0 spiro atoms. The highest BCUT2D eigenvalue weighted by molar-refractivity contribution is 5.01. The SMILES string of the molecule is FC(F)C1(n2ccnn2)CC1. The molecule has 0 atom stereocenters. The van der Waals surface area contributed by atoms with Gasteiger partial charge in [0.25, 0.3) is 6.43 Å². The maximum Gasteiger partial charge on any atom is 0.263 e. The number of hydrogen-bond acceptors (Lipinski definition) is 2. The molecule has 0 bridgehead atoms. The third-order valence-corrected chi connectivity index (χ3v) is 2.05. The van der Waals surface area contributed by atoms with E-state index in [1.165, 1.54) is 17.1 Å². The Labute approximate surface area is 62.0 Å². The Balaban J connectivity index is 2.29. The molecule has 0 aliphatic heterocycles. The third-order valence-electron chi connectivity index (χ3n) is 2.05. The van der Waals surface area contributed by atoms with E-state index in [0.29, 0.717) is 12.8 Å². The molecule has 0 amide bonds. The Morgan fingerprint density at radius 2 is 2.18 bits per heavy atom. The molecule has 0 radical (unpaired) electrons. The summed E-state index contributed by atoms with van der Waals surface area (Å²) in [5.41, 5.74) is -1.02. The fraction of sp³-hybridized carbons (Fsp3) is 0.667. The molecule has 1 aromatic rings. The highest BCUT2D eigenvalue weighted by Gasteiger charge is 2.53. The summed E-state index contributed by atoms with van der Waals surface area (Å²) in [6.45, 7) is 0. The number of alkyl halides is 2. The minimum atomic E-state index is -2.33. The lowest BCUT2D eigenvalue weighted by molar-refractivity contribution is 0.0593. The molecule has 5 heteroatoms. The van der Waals surface area contributed by atoms with Crippen molar-refractivity contribution in [3.63, 3.8) is 0 Å². The first-order valence-corrected chi connectivity index (χ1v) is 3.41. The molecule has 2 rings (SSSR count). The van der Waals surface area contributed by atoms with Gasteiger partial charge in [0.1, 0.15) is 5.54 Å². The molecule has 1 aromatic heterocycles. The zero-order valence-corrected chi connectivity index (χ0v) is 5.74. The fourth-order valence-corrected chi connectivity index (χ4v) is 1.12. The van der Waals surface area contributed by atoms with Crippen LogP contribution in [0.2, 0.25) is 0 Å². The quantitative estimate of drug-likeness (QED) is 0.645. The van der Waals surface area contributed by atoms with Crippen molar-refractivity contribution in [2.75, 3.05) is 0 Å². The van der Waals surface area contributed by atoms with Crippen LogP contribution in [0.3, 0.4) is 0 Å². The average Bonchev–Trinajstić information content (AvgIpc) is 2.61. The average molecular weight is 159 g/mol. The van der Waals surface area contributed by atoms with E-state index in [0.717, 1.165) is 0 Å². The first kappa shape index (κ1) is 6.69. The Morgan fingerprint density at radius 1 is 1.45 bits per heavy atom. The summed E-state index contributed by atoms with van der Waals surface area (Å²) in [7, 11) is 0. The van der Waals surface area contributed by atoms with Gasteiger partial charge < -0.3 is 0 Å². The van der Waals surface area contributed by atoms with Gasteiger partial charge in [0.2, 0.25) is 0 Å². The normalized spacial score (nSPS) is 20.6. The van der Waals surface area contributed by atoms with Crippen molar-refractivity contribution in [3.8, 4) is 0 Å². The van der Waals surface area contributed by atoms with Gasteiger partial charge in [0, 0.05) is 6.20 Å². The van der Waals surface area contributed by atoms with E-state index in [1.807, 2.05) is 0 Å². The number of rotatable bonds is 2. The molecule has 0 unspecified atom stereocenters. The van der Waals surface area contributed by atoms with Crippen molar-refractivity contribution < 1.29 is 8.78 Å². The van der Waals surface area contributed by atoms with Gasteiger partial charge in [0.15, 0.2) is 0 Å². The molecular formula is C6H7F2N3. The molecule has 3 nitrogen and oxygen atoms in total. The zero-order valence-electron chi connectivity index (χ0n) is 5.74. The number of aromatic nitrogens is 3. The maximum absolute atomic E-state index is 12.3. The van der Waals surface area contributed by atoms with Gasteiger partial charge in [-0.15, -0.1) is 5.10 Å². The molecule has 0 aromatic carbocycles.